The summed E-state index contributed by atoms with van der Waals surface area (Å²) in [5.74, 6) is -0.433. The molecule has 30 heavy (non-hydrogen) atoms. The van der Waals surface area contributed by atoms with E-state index >= 15 is 0 Å². The van der Waals surface area contributed by atoms with Crippen molar-refractivity contribution in [2.24, 2.45) is 11.8 Å². The van der Waals surface area contributed by atoms with E-state index in [1.165, 1.54) is 19.3 Å². The Morgan fingerprint density at radius 2 is 1.90 bits per heavy atom. The first kappa shape index (κ1) is 21.8. The molecule has 0 aromatic heterocycles. The van der Waals surface area contributed by atoms with Crippen LogP contribution in [0.2, 0.25) is 0 Å². The summed E-state index contributed by atoms with van der Waals surface area (Å²) in [6.45, 7) is 6.45. The van der Waals surface area contributed by atoms with Gasteiger partial charge in [0.2, 0.25) is 5.91 Å². The van der Waals surface area contributed by atoms with E-state index in [1.807, 2.05) is 49.9 Å². The van der Waals surface area contributed by atoms with Gasteiger partial charge in [0.1, 0.15) is 5.82 Å². The standard InChI is InChI=1S/C25H28FNO3/c1-16-11-19(9-10-23(28)30-4)12-17(2)24(16)27-15-20(13-18(3)25(27)29)14-21-7-5-6-8-22(21)26/h5-12,18,20H,13-15H2,1-4H3/b10-9+/t18-,20-/m1/s1. The average molecular weight is 410 g/mol. The fraction of sp³-hybridized carbons (Fsp3) is 0.360. The van der Waals surface area contributed by atoms with Gasteiger partial charge in [0, 0.05) is 24.2 Å². The predicted molar refractivity (Wildman–Crippen MR) is 117 cm³/mol. The van der Waals surface area contributed by atoms with Crippen molar-refractivity contribution in [3.8, 4) is 0 Å². The monoisotopic (exact) mass is 409 g/mol. The molecule has 5 heteroatoms. The van der Waals surface area contributed by atoms with Crippen LogP contribution in [0, 0.1) is 31.5 Å². The minimum absolute atomic E-state index is 0.101. The van der Waals surface area contributed by atoms with Gasteiger partial charge < -0.3 is 9.64 Å². The quantitative estimate of drug-likeness (QED) is 0.523. The number of piperidine rings is 1. The first-order chi connectivity index (χ1) is 14.3. The number of methoxy groups -OCH3 is 1. The number of ether oxygens (including phenoxy) is 1. The topological polar surface area (TPSA) is 46.6 Å². The van der Waals surface area contributed by atoms with E-state index in [4.69, 9.17) is 0 Å². The van der Waals surface area contributed by atoms with E-state index in [2.05, 4.69) is 4.74 Å². The summed E-state index contributed by atoms with van der Waals surface area (Å²) in [5.41, 5.74) is 4.40. The molecule has 0 radical (unpaired) electrons. The number of anilines is 1. The van der Waals surface area contributed by atoms with Crippen molar-refractivity contribution in [1.82, 2.24) is 0 Å². The summed E-state index contributed by atoms with van der Waals surface area (Å²) < 4.78 is 18.8. The fourth-order valence-electron chi connectivity index (χ4n) is 4.36. The second-order valence-corrected chi connectivity index (χ2v) is 8.11. The molecule has 0 saturated carbocycles. The van der Waals surface area contributed by atoms with Gasteiger partial charge in [-0.1, -0.05) is 25.1 Å². The number of carbonyl (C=O) groups is 2. The third-order valence-electron chi connectivity index (χ3n) is 5.68. The average Bonchev–Trinajstić information content (AvgIpc) is 2.70. The number of aryl methyl sites for hydroxylation is 2. The van der Waals surface area contributed by atoms with Crippen LogP contribution in [-0.4, -0.2) is 25.5 Å². The minimum atomic E-state index is -0.412. The van der Waals surface area contributed by atoms with Crippen LogP contribution in [-0.2, 0) is 20.7 Å². The van der Waals surface area contributed by atoms with Crippen LogP contribution in [0.4, 0.5) is 10.1 Å². The van der Waals surface area contributed by atoms with Crippen molar-refractivity contribution in [3.05, 3.63) is 70.5 Å². The molecular formula is C25H28FNO3. The lowest BCUT2D eigenvalue weighted by Crippen LogP contribution is -2.46. The van der Waals surface area contributed by atoms with E-state index in [1.54, 1.807) is 12.1 Å². The zero-order valence-corrected chi connectivity index (χ0v) is 17.9. The van der Waals surface area contributed by atoms with Crippen molar-refractivity contribution < 1.29 is 18.7 Å². The van der Waals surface area contributed by atoms with Gasteiger partial charge in [0.15, 0.2) is 0 Å². The van der Waals surface area contributed by atoms with Crippen molar-refractivity contribution in [1.29, 1.82) is 0 Å². The second-order valence-electron chi connectivity index (χ2n) is 8.11. The van der Waals surface area contributed by atoms with Gasteiger partial charge in [0.05, 0.1) is 7.11 Å². The maximum absolute atomic E-state index is 14.1. The molecule has 1 heterocycles. The van der Waals surface area contributed by atoms with E-state index in [0.29, 0.717) is 18.5 Å². The highest BCUT2D eigenvalue weighted by atomic mass is 19.1. The lowest BCUT2D eigenvalue weighted by molar-refractivity contribution is -0.134. The number of hydrogen-bond donors (Lipinski definition) is 0. The van der Waals surface area contributed by atoms with Crippen molar-refractivity contribution in [3.63, 3.8) is 0 Å². The third kappa shape index (κ3) is 4.78. The molecule has 0 unspecified atom stereocenters. The Morgan fingerprint density at radius 3 is 2.53 bits per heavy atom. The fourth-order valence-corrected chi connectivity index (χ4v) is 4.36. The van der Waals surface area contributed by atoms with Gasteiger partial charge >= 0.3 is 5.97 Å². The van der Waals surface area contributed by atoms with E-state index < -0.39 is 5.97 Å². The summed E-state index contributed by atoms with van der Waals surface area (Å²) in [6, 6.07) is 10.8. The molecule has 0 spiro atoms. The summed E-state index contributed by atoms with van der Waals surface area (Å²) in [5, 5.41) is 0. The number of hydrogen-bond acceptors (Lipinski definition) is 3. The molecule has 2 aromatic carbocycles. The zero-order chi connectivity index (χ0) is 21.8. The maximum atomic E-state index is 14.1. The summed E-state index contributed by atoms with van der Waals surface area (Å²) >= 11 is 0. The van der Waals surface area contributed by atoms with Gasteiger partial charge in [0.25, 0.3) is 0 Å². The van der Waals surface area contributed by atoms with E-state index in [-0.39, 0.29) is 23.6 Å². The number of amides is 1. The molecule has 0 bridgehead atoms. The number of carbonyl (C=O) groups excluding carboxylic acids is 2. The highest BCUT2D eigenvalue weighted by molar-refractivity contribution is 5.97. The molecule has 0 aliphatic carbocycles. The molecule has 3 rings (SSSR count). The smallest absolute Gasteiger partial charge is 0.330 e. The molecule has 1 aliphatic heterocycles. The first-order valence-corrected chi connectivity index (χ1v) is 10.2. The Kier molecular flexibility index (Phi) is 6.70. The number of benzene rings is 2. The normalized spacial score (nSPS) is 19.4. The molecule has 2 aromatic rings. The van der Waals surface area contributed by atoms with Crippen LogP contribution >= 0.6 is 0 Å². The van der Waals surface area contributed by atoms with Crippen LogP contribution in [0.1, 0.15) is 35.6 Å². The molecule has 0 N–H and O–H groups in total. The lowest BCUT2D eigenvalue weighted by Gasteiger charge is -2.38. The number of rotatable bonds is 5. The highest BCUT2D eigenvalue weighted by Gasteiger charge is 2.34. The Bertz CT molecular complexity index is 959. The van der Waals surface area contributed by atoms with Crippen LogP contribution in [0.25, 0.3) is 6.08 Å². The van der Waals surface area contributed by atoms with Gasteiger partial charge in [-0.15, -0.1) is 0 Å². The SMILES string of the molecule is COC(=O)/C=C/c1cc(C)c(N2C[C@@H](Cc3ccccc3F)C[C@@H](C)C2=O)c(C)c1. The predicted octanol–water partition coefficient (Wildman–Crippen LogP) is 4.86. The summed E-state index contributed by atoms with van der Waals surface area (Å²) in [7, 11) is 1.34. The molecule has 1 fully saturated rings. The summed E-state index contributed by atoms with van der Waals surface area (Å²) in [6.07, 6.45) is 4.45. The molecule has 1 aliphatic rings. The first-order valence-electron chi connectivity index (χ1n) is 10.2. The van der Waals surface area contributed by atoms with Crippen LogP contribution in [0.3, 0.4) is 0 Å². The van der Waals surface area contributed by atoms with Gasteiger partial charge in [-0.25, -0.2) is 9.18 Å². The third-order valence-corrected chi connectivity index (χ3v) is 5.68. The maximum Gasteiger partial charge on any atom is 0.330 e. The van der Waals surface area contributed by atoms with Crippen LogP contribution < -0.4 is 4.90 Å². The van der Waals surface area contributed by atoms with Crippen LogP contribution in [0.5, 0.6) is 0 Å². The van der Waals surface area contributed by atoms with Gasteiger partial charge in [-0.2, -0.15) is 0 Å². The van der Waals surface area contributed by atoms with Crippen molar-refractivity contribution in [2.75, 3.05) is 18.6 Å². The number of esters is 1. The zero-order valence-electron chi connectivity index (χ0n) is 17.9. The van der Waals surface area contributed by atoms with Crippen molar-refractivity contribution in [2.45, 2.75) is 33.6 Å². The molecule has 4 nitrogen and oxygen atoms in total. The van der Waals surface area contributed by atoms with E-state index in [9.17, 15) is 14.0 Å². The molecule has 1 amide bonds. The molecule has 158 valence electrons. The number of nitrogens with zero attached hydrogens (tertiary/aromatic N) is 1. The minimum Gasteiger partial charge on any atom is -0.466 e. The number of halogens is 1. The molecular weight excluding hydrogens is 381 g/mol. The Morgan fingerprint density at radius 1 is 1.23 bits per heavy atom. The Balaban J connectivity index is 1.87. The Hall–Kier alpha value is -2.95. The van der Waals surface area contributed by atoms with Crippen LogP contribution in [0.15, 0.2) is 42.5 Å². The second kappa shape index (κ2) is 9.24. The van der Waals surface area contributed by atoms with Crippen molar-refractivity contribution >= 4 is 23.6 Å². The largest absolute Gasteiger partial charge is 0.466 e. The summed E-state index contributed by atoms with van der Waals surface area (Å²) in [4.78, 5) is 26.2. The molecule has 1 saturated heterocycles. The highest BCUT2D eigenvalue weighted by Crippen LogP contribution is 2.34. The van der Waals surface area contributed by atoms with Gasteiger partial charge in [-0.3, -0.25) is 4.79 Å². The van der Waals surface area contributed by atoms with E-state index in [0.717, 1.165) is 28.8 Å². The lowest BCUT2D eigenvalue weighted by atomic mass is 9.84. The molecule has 2 atom stereocenters. The Labute approximate surface area is 177 Å². The van der Waals surface area contributed by atoms with Gasteiger partial charge in [-0.05, 0) is 79.1 Å².